The van der Waals surface area contributed by atoms with Crippen molar-refractivity contribution in [2.45, 2.75) is 31.6 Å². The van der Waals surface area contributed by atoms with Gasteiger partial charge in [-0.05, 0) is 73.6 Å². The Kier molecular flexibility index (Phi) is 7.12. The highest BCUT2D eigenvalue weighted by Gasteiger charge is 2.59. The van der Waals surface area contributed by atoms with Crippen LogP contribution in [0.15, 0.2) is 54.6 Å². The molecule has 0 bridgehead atoms. The van der Waals surface area contributed by atoms with Crippen molar-refractivity contribution < 1.29 is 32.3 Å². The Hall–Kier alpha value is -4.21. The minimum Gasteiger partial charge on any atom is -0.468 e. The molecule has 202 valence electrons. The van der Waals surface area contributed by atoms with E-state index in [1.165, 1.54) is 7.11 Å². The summed E-state index contributed by atoms with van der Waals surface area (Å²) in [5.74, 6) is -3.98. The molecule has 10 heteroatoms. The van der Waals surface area contributed by atoms with Crippen molar-refractivity contribution in [3.8, 4) is 11.3 Å². The molecule has 39 heavy (non-hydrogen) atoms. The molecule has 0 unspecified atom stereocenters. The Morgan fingerprint density at radius 3 is 2.15 bits per heavy atom. The average molecular weight is 538 g/mol. The van der Waals surface area contributed by atoms with E-state index < -0.39 is 46.0 Å². The zero-order chi connectivity index (χ0) is 27.7. The molecule has 5 rings (SSSR count). The number of nitrogens with zero attached hydrogens (tertiary/aromatic N) is 2. The quantitative estimate of drug-likeness (QED) is 0.350. The molecular weight excluding hydrogens is 511 g/mol. The molecule has 2 aliphatic rings. The molecule has 2 aromatic carbocycles. The van der Waals surface area contributed by atoms with Crippen LogP contribution >= 0.6 is 0 Å². The standard InChI is InChI=1S/C29H26F3N3O4/c1-39-28(38)29(13-14-29)27(37)35-15-11-18(12-16-35)17-5-7-19(8-6-17)33-26(36)23-10-9-22(32)25(34-23)24-20(30)3-2-4-21(24)31/h2-10,18H,11-16H2,1H3,(H,33,36). The second kappa shape index (κ2) is 10.5. The number of amides is 2. The zero-order valence-corrected chi connectivity index (χ0v) is 21.2. The number of methoxy groups -OCH3 is 1. The lowest BCUT2D eigenvalue weighted by Gasteiger charge is -2.34. The average Bonchev–Trinajstić information content (AvgIpc) is 3.76. The summed E-state index contributed by atoms with van der Waals surface area (Å²) in [5, 5.41) is 2.67. The first-order chi connectivity index (χ1) is 18.7. The monoisotopic (exact) mass is 537 g/mol. The fraction of sp³-hybridized carbons (Fsp3) is 0.310. The van der Waals surface area contributed by atoms with Gasteiger partial charge in [0.15, 0.2) is 0 Å². The number of hydrogen-bond donors (Lipinski definition) is 1. The third-order valence-corrected chi connectivity index (χ3v) is 7.44. The molecular formula is C29H26F3N3O4. The van der Waals surface area contributed by atoms with Crippen LogP contribution in [0.1, 0.15) is 47.7 Å². The normalized spacial score (nSPS) is 16.5. The van der Waals surface area contributed by atoms with E-state index in [0.717, 1.165) is 48.7 Å². The number of pyridine rings is 1. The van der Waals surface area contributed by atoms with Crippen molar-refractivity contribution in [3.05, 3.63) is 83.3 Å². The third kappa shape index (κ3) is 5.10. The zero-order valence-electron chi connectivity index (χ0n) is 21.2. The minimum absolute atomic E-state index is 0.152. The number of anilines is 1. The van der Waals surface area contributed by atoms with Gasteiger partial charge in [0.25, 0.3) is 5.91 Å². The van der Waals surface area contributed by atoms with E-state index in [0.29, 0.717) is 31.6 Å². The maximum Gasteiger partial charge on any atom is 0.321 e. The molecule has 3 aromatic rings. The van der Waals surface area contributed by atoms with Crippen molar-refractivity contribution in [2.75, 3.05) is 25.5 Å². The van der Waals surface area contributed by atoms with Gasteiger partial charge >= 0.3 is 5.97 Å². The predicted molar refractivity (Wildman–Crippen MR) is 136 cm³/mol. The van der Waals surface area contributed by atoms with Gasteiger partial charge in [-0.2, -0.15) is 0 Å². The summed E-state index contributed by atoms with van der Waals surface area (Å²) in [5.41, 5.74) is -0.904. The second-order valence-corrected chi connectivity index (χ2v) is 9.84. The van der Waals surface area contributed by atoms with E-state index in [4.69, 9.17) is 4.74 Å². The van der Waals surface area contributed by atoms with Crippen molar-refractivity contribution in [1.82, 2.24) is 9.88 Å². The Morgan fingerprint density at radius 2 is 1.56 bits per heavy atom. The molecule has 1 aliphatic heterocycles. The first-order valence-corrected chi connectivity index (χ1v) is 12.6. The Labute approximate surface area is 223 Å². The summed E-state index contributed by atoms with van der Waals surface area (Å²) in [7, 11) is 1.30. The van der Waals surface area contributed by atoms with E-state index in [2.05, 4.69) is 10.3 Å². The molecule has 2 fully saturated rings. The fourth-order valence-corrected chi connectivity index (χ4v) is 5.05. The summed E-state index contributed by atoms with van der Waals surface area (Å²) < 4.78 is 47.5. The lowest BCUT2D eigenvalue weighted by molar-refractivity contribution is -0.156. The van der Waals surface area contributed by atoms with Crippen LogP contribution in [0.2, 0.25) is 0 Å². The van der Waals surface area contributed by atoms with Gasteiger partial charge < -0.3 is 15.0 Å². The Balaban J connectivity index is 1.22. The summed E-state index contributed by atoms with van der Waals surface area (Å²) in [6.45, 7) is 1.09. The van der Waals surface area contributed by atoms with Gasteiger partial charge in [-0.3, -0.25) is 14.4 Å². The van der Waals surface area contributed by atoms with Crippen LogP contribution in [0.25, 0.3) is 11.3 Å². The smallest absolute Gasteiger partial charge is 0.321 e. The van der Waals surface area contributed by atoms with Gasteiger partial charge in [0.2, 0.25) is 5.91 Å². The van der Waals surface area contributed by atoms with Gasteiger partial charge in [0.05, 0.1) is 12.7 Å². The number of esters is 1. The maximum absolute atomic E-state index is 14.3. The molecule has 0 atom stereocenters. The number of rotatable bonds is 6. The fourth-order valence-electron chi connectivity index (χ4n) is 5.05. The van der Waals surface area contributed by atoms with Gasteiger partial charge in [-0.1, -0.05) is 18.2 Å². The van der Waals surface area contributed by atoms with E-state index in [1.807, 2.05) is 12.1 Å². The van der Waals surface area contributed by atoms with Crippen LogP contribution in [0.4, 0.5) is 18.9 Å². The van der Waals surface area contributed by atoms with Gasteiger partial charge in [-0.25, -0.2) is 18.2 Å². The van der Waals surface area contributed by atoms with E-state index in [1.54, 1.807) is 17.0 Å². The number of aromatic nitrogens is 1. The minimum atomic E-state index is -0.995. The molecule has 1 aromatic heterocycles. The van der Waals surface area contributed by atoms with Gasteiger partial charge in [0, 0.05) is 18.8 Å². The summed E-state index contributed by atoms with van der Waals surface area (Å²) in [6.07, 6.45) is 2.54. The Bertz CT molecular complexity index is 1410. The molecule has 1 saturated carbocycles. The van der Waals surface area contributed by atoms with E-state index >= 15 is 0 Å². The number of benzene rings is 2. The van der Waals surface area contributed by atoms with Crippen molar-refractivity contribution in [3.63, 3.8) is 0 Å². The van der Waals surface area contributed by atoms with Crippen LogP contribution in [-0.4, -0.2) is 47.9 Å². The molecule has 1 saturated heterocycles. The maximum atomic E-state index is 14.3. The number of piperidine rings is 1. The third-order valence-electron chi connectivity index (χ3n) is 7.44. The van der Waals surface area contributed by atoms with Crippen molar-refractivity contribution in [1.29, 1.82) is 0 Å². The molecule has 2 amide bonds. The first kappa shape index (κ1) is 26.4. The molecule has 1 aliphatic carbocycles. The SMILES string of the molecule is COC(=O)C1(C(=O)N2CCC(c3ccc(NC(=O)c4ccc(F)c(-c5c(F)cccc5F)n4)cc3)CC2)CC1. The molecule has 1 N–H and O–H groups in total. The van der Waals surface area contributed by atoms with Crippen LogP contribution in [0.5, 0.6) is 0 Å². The molecule has 0 spiro atoms. The van der Waals surface area contributed by atoms with Crippen molar-refractivity contribution in [2.24, 2.45) is 5.41 Å². The number of likely N-dealkylation sites (tertiary alicyclic amines) is 1. The van der Waals surface area contributed by atoms with E-state index in [-0.39, 0.29) is 17.5 Å². The van der Waals surface area contributed by atoms with Gasteiger partial charge in [0.1, 0.15) is 34.3 Å². The highest BCUT2D eigenvalue weighted by Crippen LogP contribution is 2.49. The van der Waals surface area contributed by atoms with Gasteiger partial charge in [-0.15, -0.1) is 0 Å². The molecule has 0 radical (unpaired) electrons. The largest absolute Gasteiger partial charge is 0.468 e. The number of nitrogens with one attached hydrogen (secondary N) is 1. The number of hydrogen-bond acceptors (Lipinski definition) is 5. The molecule has 7 nitrogen and oxygen atoms in total. The first-order valence-electron chi connectivity index (χ1n) is 12.6. The van der Waals surface area contributed by atoms with Crippen LogP contribution < -0.4 is 5.32 Å². The summed E-state index contributed by atoms with van der Waals surface area (Å²) in [6, 6.07) is 12.4. The van der Waals surface area contributed by atoms with Crippen LogP contribution in [0.3, 0.4) is 0 Å². The highest BCUT2D eigenvalue weighted by molar-refractivity contribution is 6.05. The van der Waals surface area contributed by atoms with Crippen LogP contribution in [-0.2, 0) is 14.3 Å². The van der Waals surface area contributed by atoms with Crippen LogP contribution in [0, 0.1) is 22.9 Å². The Morgan fingerprint density at radius 1 is 0.923 bits per heavy atom. The highest BCUT2D eigenvalue weighted by atomic mass is 19.1. The number of carbonyl (C=O) groups excluding carboxylic acids is 3. The number of carbonyl (C=O) groups is 3. The van der Waals surface area contributed by atoms with E-state index in [9.17, 15) is 27.6 Å². The predicted octanol–water partition coefficient (Wildman–Crippen LogP) is 5.08. The summed E-state index contributed by atoms with van der Waals surface area (Å²) >= 11 is 0. The number of ether oxygens (including phenoxy) is 1. The number of halogens is 3. The lowest BCUT2D eigenvalue weighted by Crippen LogP contribution is -2.45. The summed E-state index contributed by atoms with van der Waals surface area (Å²) in [4.78, 5) is 43.3. The van der Waals surface area contributed by atoms with Crippen molar-refractivity contribution >= 4 is 23.5 Å². The second-order valence-electron chi connectivity index (χ2n) is 9.84. The lowest BCUT2D eigenvalue weighted by atomic mass is 9.88. The topological polar surface area (TPSA) is 88.6 Å². The molecule has 2 heterocycles.